The Hall–Kier alpha value is -3.82. The Bertz CT molecular complexity index is 1460. The van der Waals surface area contributed by atoms with Gasteiger partial charge in [0.1, 0.15) is 11.4 Å². The van der Waals surface area contributed by atoms with E-state index in [0.29, 0.717) is 11.1 Å². The first-order valence-corrected chi connectivity index (χ1v) is 11.7. The monoisotopic (exact) mass is 525 g/mol. The molecule has 36 heavy (non-hydrogen) atoms. The van der Waals surface area contributed by atoms with Crippen molar-refractivity contribution in [2.45, 2.75) is 20.8 Å². The SMILES string of the molecule is CCOC(=O)c1cccc(-n2c(C)cc(/C=C3\C(=O)NC(=S)N(c4ccc(F)c(Cl)c4)C3=O)c2C)c1. The number of rotatable bonds is 5. The standard InChI is InChI=1S/C26H21ClFN3O4S/c1-4-35-25(34)16-6-5-7-18(11-16)30-14(2)10-17(15(30)3)12-20-23(32)29-26(36)31(24(20)33)19-8-9-22(28)21(27)13-19/h5-13H,4H2,1-3H3,(H,29,32,36)/b20-12+. The summed E-state index contributed by atoms with van der Waals surface area (Å²) < 4.78 is 20.6. The zero-order chi connectivity index (χ0) is 26.1. The topological polar surface area (TPSA) is 80.6 Å². The van der Waals surface area contributed by atoms with Crippen molar-refractivity contribution in [3.05, 3.63) is 87.5 Å². The number of carbonyl (C=O) groups is 3. The number of amides is 2. The molecule has 1 saturated heterocycles. The zero-order valence-corrected chi connectivity index (χ0v) is 21.2. The third kappa shape index (κ3) is 4.67. The average Bonchev–Trinajstić information content (AvgIpc) is 3.11. The third-order valence-electron chi connectivity index (χ3n) is 5.65. The average molecular weight is 526 g/mol. The Kier molecular flexibility index (Phi) is 7.05. The highest BCUT2D eigenvalue weighted by Crippen LogP contribution is 2.28. The molecule has 1 aliphatic heterocycles. The van der Waals surface area contributed by atoms with Gasteiger partial charge in [0.15, 0.2) is 5.11 Å². The van der Waals surface area contributed by atoms with Crippen LogP contribution in [0.2, 0.25) is 5.02 Å². The summed E-state index contributed by atoms with van der Waals surface area (Å²) in [4.78, 5) is 39.3. The van der Waals surface area contributed by atoms with Gasteiger partial charge in [-0.2, -0.15) is 0 Å². The van der Waals surface area contributed by atoms with Gasteiger partial charge < -0.3 is 9.30 Å². The van der Waals surface area contributed by atoms with Crippen molar-refractivity contribution in [1.29, 1.82) is 0 Å². The molecule has 0 spiro atoms. The molecule has 1 fully saturated rings. The number of thiocarbonyl (C=S) groups is 1. The van der Waals surface area contributed by atoms with Crippen molar-refractivity contribution in [3.63, 3.8) is 0 Å². The summed E-state index contributed by atoms with van der Waals surface area (Å²) in [6, 6.07) is 12.5. The second-order valence-corrected chi connectivity index (χ2v) is 8.78. The number of anilines is 1. The van der Waals surface area contributed by atoms with Crippen LogP contribution in [0.3, 0.4) is 0 Å². The van der Waals surface area contributed by atoms with Crippen LogP contribution < -0.4 is 10.2 Å². The minimum atomic E-state index is -0.666. The van der Waals surface area contributed by atoms with E-state index >= 15 is 0 Å². The number of aryl methyl sites for hydroxylation is 1. The molecule has 0 radical (unpaired) electrons. The number of halogens is 2. The molecule has 4 rings (SSSR count). The van der Waals surface area contributed by atoms with E-state index in [9.17, 15) is 18.8 Å². The van der Waals surface area contributed by atoms with E-state index in [1.807, 2.05) is 30.5 Å². The fraction of sp³-hybridized carbons (Fsp3) is 0.154. The lowest BCUT2D eigenvalue weighted by Crippen LogP contribution is -2.54. The fourth-order valence-electron chi connectivity index (χ4n) is 3.99. The van der Waals surface area contributed by atoms with E-state index in [-0.39, 0.29) is 28.0 Å². The van der Waals surface area contributed by atoms with Gasteiger partial charge in [-0.05, 0) is 87.1 Å². The Morgan fingerprint density at radius 2 is 1.89 bits per heavy atom. The maximum absolute atomic E-state index is 13.6. The quantitative estimate of drug-likeness (QED) is 0.222. The lowest BCUT2D eigenvalue weighted by Gasteiger charge is -2.29. The molecule has 0 aliphatic carbocycles. The molecule has 0 saturated carbocycles. The van der Waals surface area contributed by atoms with Crippen LogP contribution in [0.4, 0.5) is 10.1 Å². The number of carbonyl (C=O) groups excluding carboxylic acids is 3. The molecule has 0 atom stereocenters. The molecular formula is C26H21ClFN3O4S. The van der Waals surface area contributed by atoms with Crippen LogP contribution >= 0.6 is 23.8 Å². The van der Waals surface area contributed by atoms with Crippen LogP contribution in [0.15, 0.2) is 54.1 Å². The molecule has 0 unspecified atom stereocenters. The van der Waals surface area contributed by atoms with Gasteiger partial charge in [0.05, 0.1) is 22.9 Å². The van der Waals surface area contributed by atoms with E-state index in [2.05, 4.69) is 5.32 Å². The van der Waals surface area contributed by atoms with Crippen molar-refractivity contribution in [2.75, 3.05) is 11.5 Å². The van der Waals surface area contributed by atoms with Crippen LogP contribution in [0, 0.1) is 19.7 Å². The van der Waals surface area contributed by atoms with Crippen molar-refractivity contribution < 1.29 is 23.5 Å². The second-order valence-electron chi connectivity index (χ2n) is 7.99. The van der Waals surface area contributed by atoms with Gasteiger partial charge in [-0.15, -0.1) is 0 Å². The minimum Gasteiger partial charge on any atom is -0.462 e. The Labute approximate surface area is 217 Å². The zero-order valence-electron chi connectivity index (χ0n) is 19.6. The summed E-state index contributed by atoms with van der Waals surface area (Å²) in [6.07, 6.45) is 1.48. The van der Waals surface area contributed by atoms with Gasteiger partial charge in [-0.25, -0.2) is 9.18 Å². The molecule has 7 nitrogen and oxygen atoms in total. The van der Waals surface area contributed by atoms with E-state index in [1.165, 1.54) is 18.2 Å². The summed E-state index contributed by atoms with van der Waals surface area (Å²) in [6.45, 7) is 5.71. The van der Waals surface area contributed by atoms with E-state index in [4.69, 9.17) is 28.6 Å². The molecule has 3 aromatic rings. The highest BCUT2D eigenvalue weighted by Gasteiger charge is 2.35. The number of ether oxygens (including phenoxy) is 1. The van der Waals surface area contributed by atoms with Gasteiger partial charge in [0, 0.05) is 17.1 Å². The summed E-state index contributed by atoms with van der Waals surface area (Å²) in [7, 11) is 0. The van der Waals surface area contributed by atoms with Gasteiger partial charge in [-0.3, -0.25) is 19.8 Å². The highest BCUT2D eigenvalue weighted by molar-refractivity contribution is 7.80. The number of aromatic nitrogens is 1. The van der Waals surface area contributed by atoms with E-state index < -0.39 is 23.6 Å². The third-order valence-corrected chi connectivity index (χ3v) is 6.22. The Morgan fingerprint density at radius 3 is 2.58 bits per heavy atom. The van der Waals surface area contributed by atoms with E-state index in [1.54, 1.807) is 25.1 Å². The second kappa shape index (κ2) is 10.0. The predicted molar refractivity (Wildman–Crippen MR) is 139 cm³/mol. The molecule has 0 bridgehead atoms. The van der Waals surface area contributed by atoms with Gasteiger partial charge in [0.25, 0.3) is 11.8 Å². The van der Waals surface area contributed by atoms with Crippen molar-refractivity contribution in [1.82, 2.24) is 9.88 Å². The largest absolute Gasteiger partial charge is 0.462 e. The van der Waals surface area contributed by atoms with Crippen molar-refractivity contribution >= 4 is 58.5 Å². The number of benzene rings is 2. The molecule has 10 heteroatoms. The van der Waals surface area contributed by atoms with Crippen LogP contribution in [-0.4, -0.2) is 34.1 Å². The molecule has 2 heterocycles. The summed E-state index contributed by atoms with van der Waals surface area (Å²) in [5.74, 6) is -2.38. The molecule has 2 aromatic carbocycles. The number of nitrogens with zero attached hydrogens (tertiary/aromatic N) is 2. The van der Waals surface area contributed by atoms with Crippen LogP contribution in [-0.2, 0) is 14.3 Å². The lowest BCUT2D eigenvalue weighted by atomic mass is 10.1. The van der Waals surface area contributed by atoms with Crippen LogP contribution in [0.5, 0.6) is 0 Å². The maximum atomic E-state index is 13.6. The lowest BCUT2D eigenvalue weighted by molar-refractivity contribution is -0.122. The number of nitrogens with one attached hydrogen (secondary N) is 1. The smallest absolute Gasteiger partial charge is 0.338 e. The Morgan fingerprint density at radius 1 is 1.14 bits per heavy atom. The highest BCUT2D eigenvalue weighted by atomic mass is 35.5. The number of hydrogen-bond donors (Lipinski definition) is 1. The molecule has 1 aromatic heterocycles. The first-order chi connectivity index (χ1) is 17.1. The maximum Gasteiger partial charge on any atom is 0.338 e. The summed E-state index contributed by atoms with van der Waals surface area (Å²) >= 11 is 11.1. The van der Waals surface area contributed by atoms with Crippen LogP contribution in [0.1, 0.15) is 34.2 Å². The minimum absolute atomic E-state index is 0.133. The van der Waals surface area contributed by atoms with Crippen molar-refractivity contribution in [3.8, 4) is 5.69 Å². The van der Waals surface area contributed by atoms with Gasteiger partial charge in [0.2, 0.25) is 0 Å². The molecule has 2 amide bonds. The van der Waals surface area contributed by atoms with Gasteiger partial charge >= 0.3 is 5.97 Å². The molecular weight excluding hydrogens is 505 g/mol. The number of esters is 1. The molecule has 184 valence electrons. The normalized spacial score (nSPS) is 14.9. The molecule has 1 aliphatic rings. The first kappa shape index (κ1) is 25.3. The van der Waals surface area contributed by atoms with Gasteiger partial charge in [-0.1, -0.05) is 17.7 Å². The van der Waals surface area contributed by atoms with Crippen LogP contribution in [0.25, 0.3) is 11.8 Å². The fourth-order valence-corrected chi connectivity index (χ4v) is 4.44. The Balaban J connectivity index is 1.74. The summed E-state index contributed by atoms with van der Waals surface area (Å²) in [5.41, 5.74) is 3.40. The first-order valence-electron chi connectivity index (χ1n) is 11.0. The summed E-state index contributed by atoms with van der Waals surface area (Å²) in [5, 5.41) is 2.19. The predicted octanol–water partition coefficient (Wildman–Crippen LogP) is 4.89. The number of hydrogen-bond acceptors (Lipinski definition) is 5. The van der Waals surface area contributed by atoms with Crippen molar-refractivity contribution in [2.24, 2.45) is 0 Å². The molecule has 1 N–H and O–H groups in total. The van der Waals surface area contributed by atoms with E-state index in [0.717, 1.165) is 28.0 Å².